The molecule has 0 heterocycles. The third-order valence-corrected chi connectivity index (χ3v) is 6.10. The lowest BCUT2D eigenvalue weighted by Gasteiger charge is -2.33. The molecule has 0 aliphatic carbocycles. The van der Waals surface area contributed by atoms with Gasteiger partial charge in [0.2, 0.25) is 0 Å². The Hall–Kier alpha value is 0.0569. The van der Waals surface area contributed by atoms with E-state index in [2.05, 4.69) is 20.8 Å². The molecule has 0 aromatic rings. The highest BCUT2D eigenvalue weighted by Gasteiger charge is 2.43. The van der Waals surface area contributed by atoms with Gasteiger partial charge in [0.05, 0.1) is 0 Å². The van der Waals surface area contributed by atoms with Crippen molar-refractivity contribution in [2.45, 2.75) is 53.2 Å². The van der Waals surface area contributed by atoms with Gasteiger partial charge in [-0.15, -0.1) is 0 Å². The van der Waals surface area contributed by atoms with Gasteiger partial charge in [-0.25, -0.2) is 0 Å². The van der Waals surface area contributed by atoms with E-state index in [1.807, 2.05) is 13.8 Å². The molecule has 0 radical (unpaired) electrons. The van der Waals surface area contributed by atoms with E-state index < -0.39 is 8.80 Å². The maximum absolute atomic E-state index is 6.08. The predicted molar refractivity (Wildman–Crippen MR) is 72.9 cm³/mol. The molecule has 0 saturated carbocycles. The highest BCUT2D eigenvalue weighted by molar-refractivity contribution is 6.60. The topological polar surface area (TPSA) is 53.7 Å². The summed E-state index contributed by atoms with van der Waals surface area (Å²) in [5.41, 5.74) is 5.69. The van der Waals surface area contributed by atoms with Crippen molar-refractivity contribution in [1.82, 2.24) is 0 Å². The Kier molecular flexibility index (Phi) is 9.08. The molecule has 0 rings (SSSR count). The van der Waals surface area contributed by atoms with Crippen molar-refractivity contribution in [1.29, 1.82) is 0 Å². The molecule has 0 aliphatic heterocycles. The molecule has 0 spiro atoms. The first-order valence-corrected chi connectivity index (χ1v) is 8.62. The predicted octanol–water partition coefficient (Wildman–Crippen LogP) is 2.41. The summed E-state index contributed by atoms with van der Waals surface area (Å²) in [7, 11) is -2.54. The zero-order chi connectivity index (χ0) is 13.3. The van der Waals surface area contributed by atoms with Gasteiger partial charge in [0.15, 0.2) is 0 Å². The Morgan fingerprint density at radius 3 is 1.94 bits per heavy atom. The summed E-state index contributed by atoms with van der Waals surface area (Å²) in [5.74, 6) is 0.365. The molecule has 0 bridgehead atoms. The lowest BCUT2D eigenvalue weighted by molar-refractivity contribution is 0.0344. The largest absolute Gasteiger partial charge is 0.501 e. The Labute approximate surface area is 107 Å². The lowest BCUT2D eigenvalue weighted by atomic mass is 10.2. The molecule has 0 aromatic carbocycles. The molecule has 0 saturated heterocycles. The summed E-state index contributed by atoms with van der Waals surface area (Å²) >= 11 is 0. The van der Waals surface area contributed by atoms with Crippen LogP contribution < -0.4 is 5.73 Å². The summed E-state index contributed by atoms with van der Waals surface area (Å²) in [4.78, 5) is 0. The van der Waals surface area contributed by atoms with E-state index in [9.17, 15) is 0 Å². The second-order valence-electron chi connectivity index (χ2n) is 4.43. The number of hydrogen-bond acceptors (Lipinski definition) is 4. The van der Waals surface area contributed by atoms with E-state index in [0.29, 0.717) is 25.7 Å². The maximum Gasteiger partial charge on any atom is 0.501 e. The fourth-order valence-corrected chi connectivity index (χ4v) is 4.85. The third kappa shape index (κ3) is 6.52. The lowest BCUT2D eigenvalue weighted by Crippen LogP contribution is -2.49. The van der Waals surface area contributed by atoms with Gasteiger partial charge in [-0.2, -0.15) is 0 Å². The highest BCUT2D eigenvalue weighted by Crippen LogP contribution is 2.23. The van der Waals surface area contributed by atoms with Gasteiger partial charge >= 0.3 is 8.80 Å². The molecule has 0 amide bonds. The second kappa shape index (κ2) is 9.05. The first-order chi connectivity index (χ1) is 8.03. The van der Waals surface area contributed by atoms with E-state index in [0.717, 1.165) is 12.5 Å². The van der Waals surface area contributed by atoms with Gasteiger partial charge in [0.1, 0.15) is 0 Å². The third-order valence-electron chi connectivity index (χ3n) is 2.68. The zero-order valence-corrected chi connectivity index (χ0v) is 13.0. The Balaban J connectivity index is 4.70. The van der Waals surface area contributed by atoms with Gasteiger partial charge in [-0.3, -0.25) is 0 Å². The molecule has 104 valence electrons. The summed E-state index contributed by atoms with van der Waals surface area (Å²) < 4.78 is 17.8. The fraction of sp³-hybridized carbons (Fsp3) is 1.00. The molecular formula is C12H29NO3Si. The maximum atomic E-state index is 6.08. The summed E-state index contributed by atoms with van der Waals surface area (Å²) in [6, 6.07) is 0.801. The molecular weight excluding hydrogens is 234 g/mol. The van der Waals surface area contributed by atoms with E-state index in [1.165, 1.54) is 0 Å². The SMILES string of the molecule is CCO[Si](CC(C)CN)(OCC)OC(C)CC. The number of nitrogens with two attached hydrogens (primary N) is 1. The van der Waals surface area contributed by atoms with Crippen LogP contribution >= 0.6 is 0 Å². The summed E-state index contributed by atoms with van der Waals surface area (Å²) in [6.07, 6.45) is 1.14. The average molecular weight is 263 g/mol. The molecule has 2 atom stereocenters. The van der Waals surface area contributed by atoms with Crippen LogP contribution in [0.1, 0.15) is 41.0 Å². The smallest absolute Gasteiger partial charge is 0.374 e. The normalized spacial score (nSPS) is 15.9. The molecule has 0 aromatic heterocycles. The fourth-order valence-electron chi connectivity index (χ4n) is 1.62. The van der Waals surface area contributed by atoms with Crippen LogP contribution in [0.5, 0.6) is 0 Å². The van der Waals surface area contributed by atoms with Gasteiger partial charge in [-0.1, -0.05) is 13.8 Å². The van der Waals surface area contributed by atoms with Gasteiger partial charge in [0.25, 0.3) is 0 Å². The number of hydrogen-bond donors (Lipinski definition) is 1. The Morgan fingerprint density at radius 2 is 1.59 bits per heavy atom. The van der Waals surface area contributed by atoms with Crippen molar-refractivity contribution in [3.63, 3.8) is 0 Å². The first kappa shape index (κ1) is 17.1. The van der Waals surface area contributed by atoms with Crippen molar-refractivity contribution in [2.24, 2.45) is 11.7 Å². The first-order valence-electron chi connectivity index (χ1n) is 6.69. The van der Waals surface area contributed by atoms with Crippen LogP contribution in [-0.4, -0.2) is 34.7 Å². The van der Waals surface area contributed by atoms with Crippen LogP contribution in [-0.2, 0) is 13.3 Å². The minimum absolute atomic E-state index is 0.171. The summed E-state index contributed by atoms with van der Waals surface area (Å²) in [6.45, 7) is 12.1. The van der Waals surface area contributed by atoms with Crippen LogP contribution in [0, 0.1) is 5.92 Å². The average Bonchev–Trinajstić information content (AvgIpc) is 2.29. The van der Waals surface area contributed by atoms with Crippen molar-refractivity contribution >= 4 is 8.80 Å². The van der Waals surface area contributed by atoms with Gasteiger partial charge in [0, 0.05) is 25.4 Å². The molecule has 2 unspecified atom stereocenters. The van der Waals surface area contributed by atoms with Crippen molar-refractivity contribution in [2.75, 3.05) is 19.8 Å². The second-order valence-corrected chi connectivity index (χ2v) is 7.02. The molecule has 5 heteroatoms. The van der Waals surface area contributed by atoms with E-state index in [-0.39, 0.29) is 6.10 Å². The molecule has 2 N–H and O–H groups in total. The van der Waals surface area contributed by atoms with E-state index in [1.54, 1.807) is 0 Å². The molecule has 0 fully saturated rings. The Bertz CT molecular complexity index is 173. The Morgan fingerprint density at radius 1 is 1.06 bits per heavy atom. The zero-order valence-electron chi connectivity index (χ0n) is 12.0. The van der Waals surface area contributed by atoms with Crippen molar-refractivity contribution in [3.8, 4) is 0 Å². The van der Waals surface area contributed by atoms with Gasteiger partial charge < -0.3 is 19.0 Å². The van der Waals surface area contributed by atoms with Crippen LogP contribution in [0.2, 0.25) is 6.04 Å². The van der Waals surface area contributed by atoms with Crippen LogP contribution in [0.25, 0.3) is 0 Å². The van der Waals surface area contributed by atoms with Crippen LogP contribution in [0.4, 0.5) is 0 Å². The monoisotopic (exact) mass is 263 g/mol. The standard InChI is InChI=1S/C12H29NO3Si/c1-6-12(5)16-17(14-7-2,15-8-3)10-11(4)9-13/h11-12H,6-10,13H2,1-5H3. The highest BCUT2D eigenvalue weighted by atomic mass is 28.4. The van der Waals surface area contributed by atoms with Crippen LogP contribution in [0.3, 0.4) is 0 Å². The van der Waals surface area contributed by atoms with Crippen molar-refractivity contribution in [3.05, 3.63) is 0 Å². The minimum Gasteiger partial charge on any atom is -0.374 e. The van der Waals surface area contributed by atoms with Crippen LogP contribution in [0.15, 0.2) is 0 Å². The molecule has 17 heavy (non-hydrogen) atoms. The van der Waals surface area contributed by atoms with E-state index in [4.69, 9.17) is 19.0 Å². The van der Waals surface area contributed by atoms with Gasteiger partial charge in [-0.05, 0) is 39.7 Å². The van der Waals surface area contributed by atoms with Crippen molar-refractivity contribution < 1.29 is 13.3 Å². The molecule has 4 nitrogen and oxygen atoms in total. The number of rotatable bonds is 10. The van der Waals surface area contributed by atoms with E-state index >= 15 is 0 Å². The molecule has 0 aliphatic rings. The minimum atomic E-state index is -2.54. The quantitative estimate of drug-likeness (QED) is 0.615. The summed E-state index contributed by atoms with van der Waals surface area (Å²) in [5, 5.41) is 0.